The number of rotatable bonds is 5. The Balaban J connectivity index is 2.67. The second-order valence-corrected chi connectivity index (χ2v) is 5.06. The molecule has 0 amide bonds. The highest BCUT2D eigenvalue weighted by molar-refractivity contribution is 9.10. The third-order valence-corrected chi connectivity index (χ3v) is 3.52. The Morgan fingerprint density at radius 1 is 1.50 bits per heavy atom. The molecule has 0 fully saturated rings. The molecule has 0 radical (unpaired) electrons. The van der Waals surface area contributed by atoms with Crippen LogP contribution in [0.3, 0.4) is 0 Å². The van der Waals surface area contributed by atoms with Gasteiger partial charge in [0.2, 0.25) is 0 Å². The van der Waals surface area contributed by atoms with Crippen LogP contribution in [0, 0.1) is 0 Å². The summed E-state index contributed by atoms with van der Waals surface area (Å²) in [5.41, 5.74) is -0.680. The van der Waals surface area contributed by atoms with E-state index in [1.54, 1.807) is 12.3 Å². The van der Waals surface area contributed by atoms with Gasteiger partial charge in [-0.15, -0.1) is 0 Å². The molecular formula is C11H16BrClN2O. The Bertz CT molecular complexity index is 356. The van der Waals surface area contributed by atoms with Crippen LogP contribution in [0.15, 0.2) is 16.7 Å². The largest absolute Gasteiger partial charge is 0.388 e. The molecule has 0 aliphatic heterocycles. The molecule has 2 N–H and O–H groups in total. The highest BCUT2D eigenvalue weighted by atomic mass is 79.9. The molecule has 0 unspecified atom stereocenters. The third kappa shape index (κ3) is 3.61. The van der Waals surface area contributed by atoms with Crippen molar-refractivity contribution in [3.05, 3.63) is 21.8 Å². The van der Waals surface area contributed by atoms with Gasteiger partial charge in [-0.2, -0.15) is 0 Å². The van der Waals surface area contributed by atoms with Crippen LogP contribution in [-0.4, -0.2) is 22.2 Å². The number of halogens is 2. The molecular weight excluding hydrogens is 291 g/mol. The molecule has 0 bridgehead atoms. The molecule has 0 saturated carbocycles. The van der Waals surface area contributed by atoms with Gasteiger partial charge in [-0.1, -0.05) is 25.4 Å². The normalized spacial score (nSPS) is 11.6. The summed E-state index contributed by atoms with van der Waals surface area (Å²) >= 11 is 9.16. The van der Waals surface area contributed by atoms with Crippen molar-refractivity contribution in [1.82, 2.24) is 4.98 Å². The zero-order valence-electron chi connectivity index (χ0n) is 9.43. The van der Waals surface area contributed by atoms with E-state index in [1.807, 2.05) is 13.8 Å². The van der Waals surface area contributed by atoms with E-state index < -0.39 is 5.60 Å². The smallest absolute Gasteiger partial charge is 0.140 e. The van der Waals surface area contributed by atoms with Crippen LogP contribution >= 0.6 is 27.5 Å². The van der Waals surface area contributed by atoms with Gasteiger partial charge < -0.3 is 10.4 Å². The third-order valence-electron chi connectivity index (χ3n) is 2.71. The quantitative estimate of drug-likeness (QED) is 0.875. The molecule has 16 heavy (non-hydrogen) atoms. The molecule has 0 aliphatic rings. The van der Waals surface area contributed by atoms with Crippen LogP contribution in [0.4, 0.5) is 5.82 Å². The number of hydrogen-bond acceptors (Lipinski definition) is 3. The van der Waals surface area contributed by atoms with Gasteiger partial charge >= 0.3 is 0 Å². The molecule has 0 atom stereocenters. The summed E-state index contributed by atoms with van der Waals surface area (Å²) in [6, 6.07) is 1.77. The van der Waals surface area contributed by atoms with Crippen LogP contribution in [-0.2, 0) is 0 Å². The molecule has 3 nitrogen and oxygen atoms in total. The summed E-state index contributed by atoms with van der Waals surface area (Å²) in [5.74, 6) is 0.699. The average molecular weight is 308 g/mol. The van der Waals surface area contributed by atoms with E-state index in [2.05, 4.69) is 26.2 Å². The number of nitrogens with zero attached hydrogens (tertiary/aromatic N) is 1. The van der Waals surface area contributed by atoms with Crippen molar-refractivity contribution in [2.24, 2.45) is 0 Å². The fourth-order valence-corrected chi connectivity index (χ4v) is 2.07. The van der Waals surface area contributed by atoms with Gasteiger partial charge in [-0.25, -0.2) is 4.98 Å². The summed E-state index contributed by atoms with van der Waals surface area (Å²) < 4.78 is 0.801. The van der Waals surface area contributed by atoms with Crippen LogP contribution < -0.4 is 5.32 Å². The molecule has 0 aliphatic carbocycles. The molecule has 0 spiro atoms. The molecule has 0 aromatic carbocycles. The lowest BCUT2D eigenvalue weighted by molar-refractivity contribution is 0.0456. The second kappa shape index (κ2) is 5.84. The Labute approximate surface area is 109 Å². The van der Waals surface area contributed by atoms with E-state index in [0.29, 0.717) is 30.2 Å². The maximum Gasteiger partial charge on any atom is 0.140 e. The number of anilines is 1. The Hall–Kier alpha value is -0.320. The van der Waals surface area contributed by atoms with Crippen molar-refractivity contribution >= 4 is 33.3 Å². The first-order valence-corrected chi connectivity index (χ1v) is 6.45. The average Bonchev–Trinajstić information content (AvgIpc) is 2.27. The van der Waals surface area contributed by atoms with E-state index >= 15 is 0 Å². The summed E-state index contributed by atoms with van der Waals surface area (Å²) in [6.45, 7) is 4.41. The van der Waals surface area contributed by atoms with Crippen molar-refractivity contribution in [2.75, 3.05) is 11.9 Å². The standard InChI is InChI=1S/C11H16BrClN2O/c1-3-11(16,4-2)7-15-10-9(12)5-8(13)6-14-10/h5-6,16H,3-4,7H2,1-2H3,(H,14,15). The van der Waals surface area contributed by atoms with Gasteiger partial charge in [0.15, 0.2) is 0 Å². The minimum atomic E-state index is -0.680. The Kier molecular flexibility index (Phi) is 5.02. The summed E-state index contributed by atoms with van der Waals surface area (Å²) in [4.78, 5) is 4.15. The van der Waals surface area contributed by atoms with E-state index in [4.69, 9.17) is 11.6 Å². The maximum absolute atomic E-state index is 10.1. The van der Waals surface area contributed by atoms with Gasteiger partial charge in [-0.05, 0) is 34.8 Å². The van der Waals surface area contributed by atoms with E-state index in [-0.39, 0.29) is 0 Å². The Morgan fingerprint density at radius 3 is 2.62 bits per heavy atom. The zero-order chi connectivity index (χ0) is 12.2. The number of aromatic nitrogens is 1. The topological polar surface area (TPSA) is 45.1 Å². The van der Waals surface area contributed by atoms with Crippen LogP contribution in [0.1, 0.15) is 26.7 Å². The molecule has 1 heterocycles. The van der Waals surface area contributed by atoms with Gasteiger partial charge in [0.1, 0.15) is 5.82 Å². The predicted octanol–water partition coefficient (Wildman–Crippen LogP) is 3.46. The van der Waals surface area contributed by atoms with Crippen LogP contribution in [0.2, 0.25) is 5.02 Å². The summed E-state index contributed by atoms with van der Waals surface area (Å²) in [5, 5.41) is 13.8. The highest BCUT2D eigenvalue weighted by Crippen LogP contribution is 2.24. The van der Waals surface area contributed by atoms with E-state index in [1.165, 1.54) is 0 Å². The van der Waals surface area contributed by atoms with Crippen molar-refractivity contribution in [3.63, 3.8) is 0 Å². The molecule has 0 saturated heterocycles. The zero-order valence-corrected chi connectivity index (χ0v) is 11.8. The van der Waals surface area contributed by atoms with Crippen LogP contribution in [0.25, 0.3) is 0 Å². The van der Waals surface area contributed by atoms with Gasteiger partial charge in [0.05, 0.1) is 15.1 Å². The van der Waals surface area contributed by atoms with Crippen molar-refractivity contribution < 1.29 is 5.11 Å². The lowest BCUT2D eigenvalue weighted by atomic mass is 9.98. The fraction of sp³-hybridized carbons (Fsp3) is 0.545. The summed E-state index contributed by atoms with van der Waals surface area (Å²) in [7, 11) is 0. The minimum Gasteiger partial charge on any atom is -0.388 e. The summed E-state index contributed by atoms with van der Waals surface area (Å²) in [6.07, 6.45) is 3.00. The van der Waals surface area contributed by atoms with Crippen molar-refractivity contribution in [2.45, 2.75) is 32.3 Å². The monoisotopic (exact) mass is 306 g/mol. The molecule has 1 rings (SSSR count). The molecule has 1 aromatic rings. The van der Waals surface area contributed by atoms with Gasteiger partial charge in [0.25, 0.3) is 0 Å². The number of hydrogen-bond donors (Lipinski definition) is 2. The SMILES string of the molecule is CCC(O)(CC)CNc1ncc(Cl)cc1Br. The molecule has 1 aromatic heterocycles. The van der Waals surface area contributed by atoms with E-state index in [0.717, 1.165) is 4.47 Å². The lowest BCUT2D eigenvalue weighted by Crippen LogP contribution is -2.35. The first-order valence-electron chi connectivity index (χ1n) is 5.28. The van der Waals surface area contributed by atoms with Crippen LogP contribution in [0.5, 0.6) is 0 Å². The molecule has 5 heteroatoms. The van der Waals surface area contributed by atoms with Crippen molar-refractivity contribution in [1.29, 1.82) is 0 Å². The van der Waals surface area contributed by atoms with E-state index in [9.17, 15) is 5.11 Å². The van der Waals surface area contributed by atoms with Crippen molar-refractivity contribution in [3.8, 4) is 0 Å². The predicted molar refractivity (Wildman–Crippen MR) is 71.0 cm³/mol. The van der Waals surface area contributed by atoms with Gasteiger partial charge in [-0.3, -0.25) is 0 Å². The number of aliphatic hydroxyl groups is 1. The highest BCUT2D eigenvalue weighted by Gasteiger charge is 2.22. The van der Waals surface area contributed by atoms with Gasteiger partial charge in [0, 0.05) is 12.7 Å². The fourth-order valence-electron chi connectivity index (χ4n) is 1.29. The maximum atomic E-state index is 10.1. The second-order valence-electron chi connectivity index (χ2n) is 3.77. The first kappa shape index (κ1) is 13.7. The number of pyridine rings is 1. The molecule has 90 valence electrons. The number of nitrogens with one attached hydrogen (secondary N) is 1. The Morgan fingerprint density at radius 2 is 2.12 bits per heavy atom. The minimum absolute atomic E-state index is 0.479. The first-order chi connectivity index (χ1) is 7.50. The lowest BCUT2D eigenvalue weighted by Gasteiger charge is -2.25.